The summed E-state index contributed by atoms with van der Waals surface area (Å²) >= 11 is 3.84. The van der Waals surface area contributed by atoms with E-state index in [4.69, 9.17) is 46.2 Å². The van der Waals surface area contributed by atoms with Crippen molar-refractivity contribution in [2.45, 2.75) is 133 Å². The number of thioether (sulfide) groups is 2. The summed E-state index contributed by atoms with van der Waals surface area (Å²) < 4.78 is 10.1. The minimum absolute atomic E-state index is 0.353. The lowest BCUT2D eigenvalue weighted by molar-refractivity contribution is -0.286. The van der Waals surface area contributed by atoms with Gasteiger partial charge in [-0.2, -0.15) is 23.5 Å². The van der Waals surface area contributed by atoms with Gasteiger partial charge in [0.05, 0.1) is 19.3 Å². The van der Waals surface area contributed by atoms with Crippen molar-refractivity contribution in [1.29, 1.82) is 0 Å². The van der Waals surface area contributed by atoms with Gasteiger partial charge in [-0.05, 0) is 42.9 Å². The third-order valence-electron chi connectivity index (χ3n) is 6.89. The summed E-state index contributed by atoms with van der Waals surface area (Å²) in [5, 5.41) is 90.2. The molecular weight excluding hydrogens is 618 g/mol. The maximum atomic E-state index is 9.94. The number of unbranched alkanes of at least 4 members (excludes halogenated alkanes) is 5. The number of hydrogen-bond acceptors (Lipinski definition) is 15. The maximum absolute atomic E-state index is 9.94. The molecule has 2 heterocycles. The molecule has 0 aliphatic carbocycles. The molecule has 0 aromatic rings. The molecule has 0 aromatic heterocycles. The van der Waals surface area contributed by atoms with Crippen LogP contribution in [0.1, 0.15) is 71.6 Å². The zero-order valence-electron chi connectivity index (χ0n) is 26.8. The average molecular weight is 682 g/mol. The van der Waals surface area contributed by atoms with Crippen molar-refractivity contribution >= 4 is 23.5 Å². The van der Waals surface area contributed by atoms with Gasteiger partial charge in [-0.15, -0.1) is 0 Å². The fourth-order valence-electron chi connectivity index (χ4n) is 4.30. The molecule has 268 valence electrons. The molecule has 15 heteroatoms. The molecule has 0 spiro atoms. The normalized spacial score (nSPS) is 31.5. The summed E-state index contributed by atoms with van der Waals surface area (Å²) in [6.45, 7) is 4.36. The van der Waals surface area contributed by atoms with Crippen LogP contribution in [-0.2, 0) is 9.47 Å². The van der Waals surface area contributed by atoms with Crippen molar-refractivity contribution in [2.24, 2.45) is 5.73 Å². The number of rotatable bonds is 17. The molecule has 0 saturated carbocycles. The second kappa shape index (κ2) is 30.5. The quantitative estimate of drug-likeness (QED) is 0.0840. The zero-order chi connectivity index (χ0) is 33.9. The summed E-state index contributed by atoms with van der Waals surface area (Å²) in [6.07, 6.45) is -1.27. The van der Waals surface area contributed by atoms with Gasteiger partial charge >= 0.3 is 0 Å². The van der Waals surface area contributed by atoms with Crippen molar-refractivity contribution < 1.29 is 60.5 Å². The van der Waals surface area contributed by atoms with E-state index in [1.54, 1.807) is 0 Å². The van der Waals surface area contributed by atoms with Gasteiger partial charge in [0.15, 0.2) is 6.29 Å². The highest BCUT2D eigenvalue weighted by Crippen LogP contribution is 2.25. The molecule has 44 heavy (non-hydrogen) atoms. The Hall–Kier alpha value is 0.180. The summed E-state index contributed by atoms with van der Waals surface area (Å²) in [6, 6.07) is 0. The monoisotopic (exact) mass is 681 g/mol. The van der Waals surface area contributed by atoms with E-state index >= 15 is 0 Å². The molecule has 2 saturated heterocycles. The van der Waals surface area contributed by atoms with Crippen LogP contribution >= 0.6 is 23.5 Å². The average Bonchev–Trinajstić information content (AvgIpc) is 3.04. The molecule has 0 aromatic carbocycles. The summed E-state index contributed by atoms with van der Waals surface area (Å²) in [5.41, 5.74) is 5.25. The van der Waals surface area contributed by atoms with Crippen LogP contribution in [-0.4, -0.2) is 162 Å². The van der Waals surface area contributed by atoms with Crippen LogP contribution < -0.4 is 5.73 Å². The van der Waals surface area contributed by atoms with Crippen molar-refractivity contribution in [2.75, 3.05) is 49.9 Å². The van der Waals surface area contributed by atoms with Gasteiger partial charge in [0, 0.05) is 19.4 Å². The van der Waals surface area contributed by atoms with Crippen LogP contribution in [0.3, 0.4) is 0 Å². The molecule has 2 fully saturated rings. The van der Waals surface area contributed by atoms with Gasteiger partial charge in [-0.3, -0.25) is 0 Å². The van der Waals surface area contributed by atoms with Gasteiger partial charge in [-0.1, -0.05) is 46.0 Å². The fourth-order valence-corrected chi connectivity index (χ4v) is 5.94. The van der Waals surface area contributed by atoms with Gasteiger partial charge < -0.3 is 66.3 Å². The number of nitrogens with two attached hydrogens (primary N) is 1. The Morgan fingerprint density at radius 1 is 0.523 bits per heavy atom. The Balaban J connectivity index is 0. The topological polar surface area (TPSA) is 247 Å². The number of aliphatic hydroxyl groups excluding tert-OH is 10. The number of ether oxygens (including phenoxy) is 2. The van der Waals surface area contributed by atoms with Crippen LogP contribution in [0.5, 0.6) is 0 Å². The Labute approximate surface area is 272 Å². The van der Waals surface area contributed by atoms with Crippen LogP contribution in [0.4, 0.5) is 0 Å². The van der Waals surface area contributed by atoms with Crippen molar-refractivity contribution in [1.82, 2.24) is 0 Å². The first-order valence-electron chi connectivity index (χ1n) is 15.7. The Bertz CT molecular complexity index is 608. The van der Waals surface area contributed by atoms with E-state index in [2.05, 4.69) is 18.6 Å². The maximum Gasteiger partial charge on any atom is 0.184 e. The first-order chi connectivity index (χ1) is 21.1. The minimum atomic E-state index is -1.57. The lowest BCUT2D eigenvalue weighted by atomic mass is 9.93. The summed E-state index contributed by atoms with van der Waals surface area (Å²) in [4.78, 5) is 0. The lowest BCUT2D eigenvalue weighted by Gasteiger charge is -2.40. The second-order valence-corrected chi connectivity index (χ2v) is 13.0. The van der Waals surface area contributed by atoms with Crippen molar-refractivity contribution in [3.8, 4) is 0 Å². The van der Waals surface area contributed by atoms with E-state index in [0.717, 1.165) is 31.6 Å². The molecule has 7 unspecified atom stereocenters. The largest absolute Gasteiger partial charge is 0.400 e. The molecule has 12 N–H and O–H groups in total. The van der Waals surface area contributed by atoms with Crippen molar-refractivity contribution in [3.63, 3.8) is 0 Å². The highest BCUT2D eigenvalue weighted by atomic mass is 32.2. The zero-order valence-corrected chi connectivity index (χ0v) is 28.4. The first-order valence-corrected chi connectivity index (χ1v) is 18.0. The number of hydrogen-bond donors (Lipinski definition) is 11. The summed E-state index contributed by atoms with van der Waals surface area (Å²) in [7, 11) is 1.00. The van der Waals surface area contributed by atoms with Crippen LogP contribution in [0, 0.1) is 0 Å². The van der Waals surface area contributed by atoms with E-state index in [-0.39, 0.29) is 6.61 Å². The van der Waals surface area contributed by atoms with E-state index in [9.17, 15) is 15.3 Å². The van der Waals surface area contributed by atoms with Gasteiger partial charge in [0.1, 0.15) is 48.8 Å². The molecule has 10 atom stereocenters. The van der Waals surface area contributed by atoms with Gasteiger partial charge in [0.2, 0.25) is 0 Å². The van der Waals surface area contributed by atoms with Gasteiger partial charge in [0.25, 0.3) is 0 Å². The molecule has 2 aliphatic heterocycles. The lowest BCUT2D eigenvalue weighted by Crippen LogP contribution is -2.58. The second-order valence-electron chi connectivity index (χ2n) is 10.5. The van der Waals surface area contributed by atoms with E-state index in [0.29, 0.717) is 6.42 Å². The van der Waals surface area contributed by atoms with E-state index in [1.165, 1.54) is 56.5 Å². The highest BCUT2D eigenvalue weighted by molar-refractivity contribution is 7.99. The van der Waals surface area contributed by atoms with Crippen LogP contribution in [0.25, 0.3) is 0 Å². The van der Waals surface area contributed by atoms with Gasteiger partial charge in [-0.25, -0.2) is 0 Å². The van der Waals surface area contributed by atoms with E-state index in [1.807, 2.05) is 23.5 Å². The minimum Gasteiger partial charge on any atom is -0.400 e. The molecule has 2 rings (SSSR count). The first kappa shape index (κ1) is 46.3. The Kier molecular flexibility index (Phi) is 32.1. The third-order valence-corrected chi connectivity index (χ3v) is 9.26. The van der Waals surface area contributed by atoms with Crippen LogP contribution in [0.15, 0.2) is 0 Å². The predicted molar refractivity (Wildman–Crippen MR) is 175 cm³/mol. The Morgan fingerprint density at radius 2 is 1.00 bits per heavy atom. The predicted octanol–water partition coefficient (Wildman–Crippen LogP) is -0.822. The Morgan fingerprint density at radius 3 is 1.55 bits per heavy atom. The van der Waals surface area contributed by atoms with Crippen molar-refractivity contribution in [3.05, 3.63) is 0 Å². The standard InChI is InChI=1S/C17H34O5S.C6H12O6.C5H13NS.CH4O/c1-2-3-4-5-6-7-10-23-11-8-9-13-15(19)17(21)16(20)14(12-18)22-13;7-1-2-3(8)4(9)5(10)6(11)12-2;1-2-4-7-5-3-6;1-2/h13-21H,2-12H2,1H3;2-11H,1H2;2-6H2,1H3;2H,1H3/t;2?,3-,4-,5?,6+;;/m.1../s1. The molecule has 0 radical (unpaired) electrons. The fraction of sp³-hybridized carbons (Fsp3) is 1.00. The molecule has 13 nitrogen and oxygen atoms in total. The molecular formula is C29H63NO12S2. The SMILES string of the molecule is CCCCCCCCSCCCC1OC(CO)C(O)C(O)C1O.CCCSCCN.CO.OCC1O[C@H](O)C(O)[C@H](O)[C@@H]1O. The third kappa shape index (κ3) is 19.8. The number of aliphatic hydroxyl groups is 10. The van der Waals surface area contributed by atoms with Crippen LogP contribution in [0.2, 0.25) is 0 Å². The molecule has 2 aliphatic rings. The summed E-state index contributed by atoms with van der Waals surface area (Å²) in [5.74, 6) is 4.55. The highest BCUT2D eigenvalue weighted by Gasteiger charge is 2.43. The smallest absolute Gasteiger partial charge is 0.184 e. The molecule has 0 bridgehead atoms. The molecule has 0 amide bonds. The van der Waals surface area contributed by atoms with E-state index < -0.39 is 67.8 Å².